The zero-order chi connectivity index (χ0) is 45.6. The van der Waals surface area contributed by atoms with Crippen LogP contribution in [0, 0.1) is 54.4 Å². The molecule has 0 N–H and O–H groups in total. The Labute approximate surface area is 396 Å². The van der Waals surface area contributed by atoms with Crippen molar-refractivity contribution in [3.05, 3.63) is 202 Å². The first-order chi connectivity index (χ1) is 32.5. The van der Waals surface area contributed by atoms with E-state index in [4.69, 9.17) is 0 Å². The third kappa shape index (κ3) is 5.93. The second kappa shape index (κ2) is 14.6. The minimum Gasteiger partial charge on any atom is -0.312 e. The molecule has 0 amide bonds. The smallest absolute Gasteiger partial charge is 0.251 e. The monoisotopic (exact) mass is 861 g/mol. The van der Waals surface area contributed by atoms with Crippen LogP contribution in [-0.2, 0) is 0 Å². The van der Waals surface area contributed by atoms with E-state index in [1.807, 2.05) is 0 Å². The Bertz CT molecular complexity index is 3430. The van der Waals surface area contributed by atoms with E-state index in [-0.39, 0.29) is 13.4 Å². The average Bonchev–Trinajstić information content (AvgIpc) is 3.81. The lowest BCUT2D eigenvalue weighted by molar-refractivity contribution is 0.728. The van der Waals surface area contributed by atoms with Crippen molar-refractivity contribution >= 4 is 91.7 Å². The molecule has 322 valence electrons. The van der Waals surface area contributed by atoms with Gasteiger partial charge >= 0.3 is 0 Å². The van der Waals surface area contributed by atoms with Crippen LogP contribution in [-0.4, -0.2) is 13.4 Å². The fourth-order valence-corrected chi connectivity index (χ4v) is 12.2. The van der Waals surface area contributed by atoms with E-state index in [2.05, 4.69) is 228 Å². The molecule has 0 fully saturated rings. The molecule has 4 aliphatic heterocycles. The van der Waals surface area contributed by atoms with Crippen molar-refractivity contribution in [3.63, 3.8) is 0 Å². The van der Waals surface area contributed by atoms with Gasteiger partial charge in [0, 0.05) is 39.8 Å². The molecule has 1 atom stereocenters. The number of rotatable bonds is 6. The van der Waals surface area contributed by atoms with E-state index in [9.17, 15) is 0 Å². The van der Waals surface area contributed by atoms with Crippen LogP contribution in [0.25, 0.3) is 22.3 Å². The van der Waals surface area contributed by atoms with Gasteiger partial charge in [-0.05, 0) is 177 Å². The van der Waals surface area contributed by atoms with E-state index in [0.29, 0.717) is 5.92 Å². The van der Waals surface area contributed by atoms with Gasteiger partial charge in [-0.15, -0.1) is 0 Å². The first-order valence-electron chi connectivity index (χ1n) is 24.2. The van der Waals surface area contributed by atoms with Crippen LogP contribution in [0.3, 0.4) is 0 Å². The van der Waals surface area contributed by atoms with Gasteiger partial charge in [-0.2, -0.15) is 0 Å². The van der Waals surface area contributed by atoms with Gasteiger partial charge in [0.2, 0.25) is 6.71 Å². The lowest BCUT2D eigenvalue weighted by Crippen LogP contribution is -2.63. The molecular weight excluding hydrogens is 808 g/mol. The molecular formula is C62H53B2N3. The van der Waals surface area contributed by atoms with Crippen LogP contribution in [0.15, 0.2) is 163 Å². The molecule has 13 rings (SSSR count). The summed E-state index contributed by atoms with van der Waals surface area (Å²) in [6, 6.07) is 54.6. The fraction of sp³-hybridized carbons (Fsp3) is 0.161. The van der Waals surface area contributed by atoms with Crippen LogP contribution in [0.2, 0.25) is 0 Å². The molecule has 3 nitrogen and oxygen atoms in total. The number of allylic oxidation sites excluding steroid dienone is 3. The Morgan fingerprint density at radius 1 is 0.448 bits per heavy atom. The number of hydrogen-bond acceptors (Lipinski definition) is 3. The molecule has 5 aliphatic rings. The Balaban J connectivity index is 1.26. The van der Waals surface area contributed by atoms with Gasteiger partial charge in [-0.1, -0.05) is 143 Å². The van der Waals surface area contributed by atoms with E-state index >= 15 is 0 Å². The zero-order valence-corrected chi connectivity index (χ0v) is 39.8. The summed E-state index contributed by atoms with van der Waals surface area (Å²) in [5, 5.41) is 0. The highest BCUT2D eigenvalue weighted by Crippen LogP contribution is 2.51. The maximum absolute atomic E-state index is 2.72. The topological polar surface area (TPSA) is 9.72 Å². The fourth-order valence-electron chi connectivity index (χ4n) is 12.2. The molecule has 67 heavy (non-hydrogen) atoms. The number of anilines is 8. The third-order valence-electron chi connectivity index (χ3n) is 15.3. The standard InChI is InChI=1S/C62H53B2N3/c1-36-9-19-44(20-10-36)65(45-21-11-37(2)12-22-45)57-35-54-61-60(62(57)66(46-23-13-38(3)14-24-46)47-25-15-39(4)16-26-47)64-53-28-18-41(6)30-49(53)51-32-43(8)34-56(59(51)64)67(61)55-33-42(7)31-50-48-29-40(5)17-27-52(48)63(54)58(50)55/h9-15,17-35,39H,16H2,1-8H3. The Hall–Kier alpha value is -7.23. The van der Waals surface area contributed by atoms with Crippen LogP contribution < -0.4 is 47.5 Å². The van der Waals surface area contributed by atoms with Crippen molar-refractivity contribution < 1.29 is 0 Å². The molecule has 0 spiro atoms. The molecule has 0 radical (unpaired) electrons. The first-order valence-corrected chi connectivity index (χ1v) is 24.2. The molecule has 0 bridgehead atoms. The number of nitrogens with zero attached hydrogens (tertiary/aromatic N) is 3. The second-order valence-electron chi connectivity index (χ2n) is 20.3. The van der Waals surface area contributed by atoms with Crippen molar-refractivity contribution in [1.82, 2.24) is 0 Å². The van der Waals surface area contributed by atoms with E-state index in [1.165, 1.54) is 128 Å². The predicted molar refractivity (Wildman–Crippen MR) is 289 cm³/mol. The summed E-state index contributed by atoms with van der Waals surface area (Å²) >= 11 is 0. The lowest BCUT2D eigenvalue weighted by Gasteiger charge is -2.46. The normalized spacial score (nSPS) is 15.2. The largest absolute Gasteiger partial charge is 0.312 e. The Morgan fingerprint density at radius 3 is 1.42 bits per heavy atom. The second-order valence-corrected chi connectivity index (χ2v) is 20.3. The summed E-state index contributed by atoms with van der Waals surface area (Å²) in [5.74, 6) is 0.458. The summed E-state index contributed by atoms with van der Waals surface area (Å²) < 4.78 is 0. The minimum atomic E-state index is -0.0243. The molecule has 1 aliphatic carbocycles. The average molecular weight is 862 g/mol. The van der Waals surface area contributed by atoms with E-state index in [0.717, 1.165) is 23.5 Å². The highest BCUT2D eigenvalue weighted by Gasteiger charge is 2.52. The van der Waals surface area contributed by atoms with E-state index < -0.39 is 0 Å². The summed E-state index contributed by atoms with van der Waals surface area (Å²) in [6.07, 6.45) is 8.26. The predicted octanol–water partition coefficient (Wildman–Crippen LogP) is 12.0. The SMILES string of the molecule is Cc1ccc(N(C2=CCC(C)C=C2)c2c(N(c3ccc(C)cc3)c3ccc(C)cc3)cc3c4c2B2c5ccc(C)cc5-c5cc(C)cc(c52)N4c2cc(C)cc4c2B3c2ccc(C)cc2-4)cc1. The maximum atomic E-state index is 2.72. The summed E-state index contributed by atoms with van der Waals surface area (Å²) in [7, 11) is 0. The molecule has 0 saturated carbocycles. The van der Waals surface area contributed by atoms with Gasteiger partial charge in [-0.3, -0.25) is 0 Å². The summed E-state index contributed by atoms with van der Waals surface area (Å²) in [5.41, 5.74) is 33.6. The van der Waals surface area contributed by atoms with Crippen LogP contribution in [0.1, 0.15) is 52.3 Å². The van der Waals surface area contributed by atoms with Crippen LogP contribution in [0.4, 0.5) is 45.5 Å². The molecule has 4 heterocycles. The summed E-state index contributed by atoms with van der Waals surface area (Å²) in [6.45, 7) is 18.0. The number of fused-ring (bicyclic) bond motifs is 10. The van der Waals surface area contributed by atoms with Crippen molar-refractivity contribution in [2.75, 3.05) is 14.7 Å². The molecule has 0 aromatic heterocycles. The minimum absolute atomic E-state index is 0.0243. The number of aryl methyl sites for hydroxylation is 7. The number of benzene rings is 8. The van der Waals surface area contributed by atoms with Crippen molar-refractivity contribution in [2.45, 2.75) is 61.8 Å². The van der Waals surface area contributed by atoms with Gasteiger partial charge in [0.15, 0.2) is 0 Å². The molecule has 8 aromatic rings. The van der Waals surface area contributed by atoms with Gasteiger partial charge < -0.3 is 14.7 Å². The zero-order valence-electron chi connectivity index (χ0n) is 39.8. The van der Waals surface area contributed by atoms with Gasteiger partial charge in [0.05, 0.1) is 11.4 Å². The first kappa shape index (κ1) is 40.1. The van der Waals surface area contributed by atoms with Crippen LogP contribution >= 0.6 is 0 Å². The molecule has 5 heteroatoms. The molecule has 0 saturated heterocycles. The van der Waals surface area contributed by atoms with Crippen molar-refractivity contribution in [1.29, 1.82) is 0 Å². The number of hydrogen-bond donors (Lipinski definition) is 0. The Morgan fingerprint density at radius 2 is 0.910 bits per heavy atom. The summed E-state index contributed by atoms with van der Waals surface area (Å²) in [4.78, 5) is 7.93. The maximum Gasteiger partial charge on any atom is 0.251 e. The van der Waals surface area contributed by atoms with Crippen molar-refractivity contribution in [3.8, 4) is 22.3 Å². The lowest BCUT2D eigenvalue weighted by atomic mass is 9.32. The quantitative estimate of drug-likeness (QED) is 0.154. The van der Waals surface area contributed by atoms with Gasteiger partial charge in [0.25, 0.3) is 6.71 Å². The van der Waals surface area contributed by atoms with Gasteiger partial charge in [-0.25, -0.2) is 0 Å². The Kier molecular flexibility index (Phi) is 8.75. The van der Waals surface area contributed by atoms with Crippen LogP contribution in [0.5, 0.6) is 0 Å². The highest BCUT2D eigenvalue weighted by molar-refractivity contribution is 7.06. The molecule has 1 unspecified atom stereocenters. The van der Waals surface area contributed by atoms with E-state index in [1.54, 1.807) is 0 Å². The third-order valence-corrected chi connectivity index (χ3v) is 15.3. The van der Waals surface area contributed by atoms with Gasteiger partial charge in [0.1, 0.15) is 0 Å². The molecule has 8 aromatic carbocycles. The highest BCUT2D eigenvalue weighted by atomic mass is 15.2. The van der Waals surface area contributed by atoms with Crippen molar-refractivity contribution in [2.24, 2.45) is 5.92 Å².